The Hall–Kier alpha value is -7.20. The van der Waals surface area contributed by atoms with Gasteiger partial charge in [0.05, 0.1) is 22.1 Å². The topological polar surface area (TPSA) is 9.86 Å². The fourth-order valence-corrected chi connectivity index (χ4v) is 16.6. The Labute approximate surface area is 350 Å². The van der Waals surface area contributed by atoms with Crippen molar-refractivity contribution in [1.29, 1.82) is 0 Å². The highest BCUT2D eigenvalue weighted by molar-refractivity contribution is 7.22. The second kappa shape index (κ2) is 12.2. The van der Waals surface area contributed by atoms with E-state index in [4.69, 9.17) is 0 Å². The van der Waals surface area contributed by atoms with Gasteiger partial charge >= 0.3 is 0 Å². The van der Waals surface area contributed by atoms with E-state index in [1.807, 2.05) is 0 Å². The molecule has 0 atom stereocenters. The number of para-hydroxylation sites is 2. The molecule has 9 aromatic carbocycles. The highest BCUT2D eigenvalue weighted by atomic mass is 28.3. The molecule has 1 aliphatic carbocycles. The SMILES string of the molecule is CC1(C)c2ccccc2-c2ccc(-n3c4ccccc4c4cc5c(cc43)c3ccccc3n5-c3ccc4c(c3)[Si](c3ccccc3)(c3ccccc3)c3ccccc3-4)cc21. The Morgan fingerprint density at radius 1 is 0.333 bits per heavy atom. The molecule has 13 rings (SSSR count). The first-order chi connectivity index (χ1) is 29.5. The number of hydrogen-bond acceptors (Lipinski definition) is 0. The normalized spacial score (nSPS) is 14.4. The van der Waals surface area contributed by atoms with Crippen LogP contribution in [-0.4, -0.2) is 17.2 Å². The van der Waals surface area contributed by atoms with Gasteiger partial charge in [-0.3, -0.25) is 0 Å². The van der Waals surface area contributed by atoms with E-state index in [1.54, 1.807) is 0 Å². The van der Waals surface area contributed by atoms with Gasteiger partial charge in [0.2, 0.25) is 0 Å². The molecule has 0 amide bonds. The molecule has 3 heterocycles. The summed E-state index contributed by atoms with van der Waals surface area (Å²) in [6.07, 6.45) is 0. The smallest absolute Gasteiger partial charge is 0.180 e. The largest absolute Gasteiger partial charge is 0.309 e. The summed E-state index contributed by atoms with van der Waals surface area (Å²) in [5.41, 5.74) is 15.4. The van der Waals surface area contributed by atoms with E-state index in [9.17, 15) is 0 Å². The van der Waals surface area contributed by atoms with Gasteiger partial charge in [-0.1, -0.05) is 172 Å². The van der Waals surface area contributed by atoms with Gasteiger partial charge in [-0.15, -0.1) is 0 Å². The van der Waals surface area contributed by atoms with Gasteiger partial charge in [0.1, 0.15) is 0 Å². The molecule has 2 aromatic heterocycles. The Balaban J connectivity index is 1.08. The molecule has 0 radical (unpaired) electrons. The number of benzene rings is 9. The van der Waals surface area contributed by atoms with Gasteiger partial charge in [-0.2, -0.15) is 0 Å². The summed E-state index contributed by atoms with van der Waals surface area (Å²) in [5.74, 6) is 0. The summed E-state index contributed by atoms with van der Waals surface area (Å²) in [4.78, 5) is 0. The molecule has 0 bridgehead atoms. The molecule has 0 saturated heterocycles. The number of nitrogens with zero attached hydrogens (tertiary/aromatic N) is 2. The van der Waals surface area contributed by atoms with Crippen LogP contribution in [0, 0.1) is 0 Å². The van der Waals surface area contributed by atoms with Crippen LogP contribution < -0.4 is 20.7 Å². The van der Waals surface area contributed by atoms with Crippen LogP contribution in [0.3, 0.4) is 0 Å². The predicted molar refractivity (Wildman–Crippen MR) is 255 cm³/mol. The van der Waals surface area contributed by atoms with Crippen LogP contribution in [-0.2, 0) is 5.41 Å². The fraction of sp³-hybridized carbons (Fsp3) is 0.0526. The Morgan fingerprint density at radius 3 is 1.43 bits per heavy atom. The molecule has 60 heavy (non-hydrogen) atoms. The van der Waals surface area contributed by atoms with E-state index >= 15 is 0 Å². The third-order valence-corrected chi connectivity index (χ3v) is 18.9. The summed E-state index contributed by atoms with van der Waals surface area (Å²) < 4.78 is 5.03. The van der Waals surface area contributed by atoms with Crippen LogP contribution in [0.15, 0.2) is 206 Å². The van der Waals surface area contributed by atoms with E-state index in [0.717, 1.165) is 0 Å². The minimum atomic E-state index is -2.67. The Bertz CT molecular complexity index is 3530. The van der Waals surface area contributed by atoms with E-state index in [1.165, 1.54) is 109 Å². The van der Waals surface area contributed by atoms with Gasteiger partial charge < -0.3 is 9.13 Å². The van der Waals surface area contributed by atoms with Crippen LogP contribution in [0.25, 0.3) is 77.2 Å². The summed E-state index contributed by atoms with van der Waals surface area (Å²) in [6.45, 7) is 4.74. The maximum atomic E-state index is 2.55. The first-order valence-corrected chi connectivity index (χ1v) is 23.1. The summed E-state index contributed by atoms with van der Waals surface area (Å²) >= 11 is 0. The van der Waals surface area contributed by atoms with Crippen molar-refractivity contribution in [2.75, 3.05) is 0 Å². The molecule has 0 N–H and O–H groups in total. The number of aromatic nitrogens is 2. The van der Waals surface area contributed by atoms with Crippen LogP contribution in [0.1, 0.15) is 25.0 Å². The van der Waals surface area contributed by atoms with Crippen molar-refractivity contribution < 1.29 is 0 Å². The first kappa shape index (κ1) is 33.7. The number of rotatable bonds is 4. The van der Waals surface area contributed by atoms with Gasteiger partial charge in [-0.05, 0) is 103 Å². The average molecular weight is 781 g/mol. The lowest BCUT2D eigenvalue weighted by Crippen LogP contribution is -2.72. The lowest BCUT2D eigenvalue weighted by Gasteiger charge is -2.31. The van der Waals surface area contributed by atoms with Crippen molar-refractivity contribution >= 4 is 72.4 Å². The van der Waals surface area contributed by atoms with Gasteiger partial charge in [0.25, 0.3) is 0 Å². The summed E-state index contributed by atoms with van der Waals surface area (Å²) in [6, 6.07) is 78.0. The molecule has 0 fully saturated rings. The van der Waals surface area contributed by atoms with Crippen molar-refractivity contribution in [2.24, 2.45) is 0 Å². The van der Waals surface area contributed by atoms with Crippen molar-refractivity contribution in [3.63, 3.8) is 0 Å². The molecule has 0 saturated carbocycles. The minimum Gasteiger partial charge on any atom is -0.309 e. The lowest BCUT2D eigenvalue weighted by molar-refractivity contribution is 0.660. The molecule has 0 spiro atoms. The maximum Gasteiger partial charge on any atom is 0.180 e. The molecular weight excluding hydrogens is 741 g/mol. The number of fused-ring (bicyclic) bond motifs is 12. The van der Waals surface area contributed by atoms with E-state index in [2.05, 4.69) is 229 Å². The second-order valence-corrected chi connectivity index (χ2v) is 21.0. The highest BCUT2D eigenvalue weighted by Gasteiger charge is 2.48. The standard InChI is InChI=1S/C57H40N2Si/c1-57(2)49-25-13-9-21-41(49)42-31-29-37(33-50(42)57)58-51-26-14-10-22-43(51)47-36-54-48(35-53(47)58)44-23-11-15-27-52(44)59(54)38-30-32-46-45-24-12-16-28-55(45)60(56(46)34-38,39-17-5-3-6-18-39)40-19-7-4-8-20-40/h3-36H,1-2H3. The predicted octanol–water partition coefficient (Wildman–Crippen LogP) is 11.5. The van der Waals surface area contributed by atoms with Crippen molar-refractivity contribution in [3.05, 3.63) is 217 Å². The maximum absolute atomic E-state index is 2.67. The molecule has 1 aliphatic heterocycles. The van der Waals surface area contributed by atoms with Crippen molar-refractivity contribution in [2.45, 2.75) is 19.3 Å². The quantitative estimate of drug-likeness (QED) is 0.157. The summed E-state index contributed by atoms with van der Waals surface area (Å²) in [7, 11) is -2.67. The summed E-state index contributed by atoms with van der Waals surface area (Å²) in [5, 5.41) is 10.8. The van der Waals surface area contributed by atoms with Gasteiger partial charge in [-0.25, -0.2) is 0 Å². The van der Waals surface area contributed by atoms with Crippen LogP contribution >= 0.6 is 0 Å². The highest BCUT2D eigenvalue weighted by Crippen LogP contribution is 2.50. The Kier molecular flexibility index (Phi) is 6.84. The molecule has 0 unspecified atom stereocenters. The zero-order valence-corrected chi connectivity index (χ0v) is 34.5. The first-order valence-electron chi connectivity index (χ1n) is 21.1. The average Bonchev–Trinajstić information content (AvgIpc) is 3.98. The molecule has 3 heteroatoms. The number of hydrogen-bond donors (Lipinski definition) is 0. The lowest BCUT2D eigenvalue weighted by atomic mass is 9.82. The molecule has 11 aromatic rings. The third kappa shape index (κ3) is 4.32. The molecule has 282 valence electrons. The Morgan fingerprint density at radius 2 is 0.800 bits per heavy atom. The monoisotopic (exact) mass is 780 g/mol. The van der Waals surface area contributed by atoms with E-state index in [-0.39, 0.29) is 5.41 Å². The zero-order valence-electron chi connectivity index (χ0n) is 33.5. The van der Waals surface area contributed by atoms with Crippen LogP contribution in [0.2, 0.25) is 0 Å². The minimum absolute atomic E-state index is 0.0833. The molecule has 2 aliphatic rings. The van der Waals surface area contributed by atoms with Crippen molar-refractivity contribution in [1.82, 2.24) is 9.13 Å². The second-order valence-electron chi connectivity index (χ2n) is 17.2. The van der Waals surface area contributed by atoms with E-state index in [0.29, 0.717) is 0 Å². The fourth-order valence-electron chi connectivity index (χ4n) is 11.4. The molecule has 2 nitrogen and oxygen atoms in total. The zero-order chi connectivity index (χ0) is 39.7. The van der Waals surface area contributed by atoms with E-state index < -0.39 is 8.07 Å². The van der Waals surface area contributed by atoms with Gasteiger partial charge in [0.15, 0.2) is 8.07 Å². The van der Waals surface area contributed by atoms with Crippen molar-refractivity contribution in [3.8, 4) is 33.6 Å². The van der Waals surface area contributed by atoms with Crippen LogP contribution in [0.4, 0.5) is 0 Å². The third-order valence-electron chi connectivity index (χ3n) is 14.0. The molecular formula is C57H40N2Si. The van der Waals surface area contributed by atoms with Gasteiger partial charge in [0, 0.05) is 38.3 Å². The van der Waals surface area contributed by atoms with Crippen LogP contribution in [0.5, 0.6) is 0 Å².